The van der Waals surface area contributed by atoms with E-state index in [1.54, 1.807) is 10.9 Å². The molecule has 32 heavy (non-hydrogen) atoms. The molecule has 0 aromatic heterocycles. The molecule has 164 valence electrons. The molecular formula is C30H31FeP. The molecule has 0 N–H and O–H groups in total. The van der Waals surface area contributed by atoms with E-state index in [9.17, 15) is 0 Å². The molecule has 4 atom stereocenters. The molecule has 2 unspecified atom stereocenters. The average Bonchev–Trinajstić information content (AvgIpc) is 3.50. The van der Waals surface area contributed by atoms with Crippen LogP contribution in [0, 0.1) is 11.8 Å². The van der Waals surface area contributed by atoms with Gasteiger partial charge < -0.3 is 0 Å². The van der Waals surface area contributed by atoms with Gasteiger partial charge in [0.2, 0.25) is 0 Å². The van der Waals surface area contributed by atoms with E-state index in [1.807, 2.05) is 0 Å². The van der Waals surface area contributed by atoms with Gasteiger partial charge in [0.25, 0.3) is 0 Å². The summed E-state index contributed by atoms with van der Waals surface area (Å²) in [5.41, 5.74) is 4.52. The maximum atomic E-state index is 2.51. The number of hydrogen-bond acceptors (Lipinski definition) is 0. The summed E-state index contributed by atoms with van der Waals surface area (Å²) in [6.45, 7) is 0. The Morgan fingerprint density at radius 3 is 2.12 bits per heavy atom. The van der Waals surface area contributed by atoms with Crippen LogP contribution in [0.1, 0.15) is 36.3 Å². The number of hydrogen-bond donors (Lipinski definition) is 0. The predicted octanol–water partition coefficient (Wildman–Crippen LogP) is 7.64. The van der Waals surface area contributed by atoms with Crippen molar-refractivity contribution < 1.29 is 17.1 Å². The minimum atomic E-state index is -0.204. The van der Waals surface area contributed by atoms with Crippen LogP contribution in [0.5, 0.6) is 0 Å². The molecule has 0 nitrogen and oxygen atoms in total. The van der Waals surface area contributed by atoms with Crippen molar-refractivity contribution in [3.05, 3.63) is 120 Å². The fourth-order valence-electron chi connectivity index (χ4n) is 5.36. The maximum absolute atomic E-state index is 2.51. The summed E-state index contributed by atoms with van der Waals surface area (Å²) < 4.78 is 0. The number of benzene rings is 3. The van der Waals surface area contributed by atoms with Crippen molar-refractivity contribution in [1.82, 2.24) is 0 Å². The molecule has 0 radical (unpaired) electrons. The third kappa shape index (κ3) is 5.35. The van der Waals surface area contributed by atoms with E-state index < -0.39 is 0 Å². The van der Waals surface area contributed by atoms with Crippen molar-refractivity contribution in [2.45, 2.75) is 25.2 Å². The second-order valence-electron chi connectivity index (χ2n) is 8.89. The molecule has 2 aliphatic carbocycles. The van der Waals surface area contributed by atoms with E-state index in [4.69, 9.17) is 0 Å². The Hall–Kier alpha value is -1.91. The molecular weight excluding hydrogens is 447 g/mol. The van der Waals surface area contributed by atoms with Crippen LogP contribution in [0.2, 0.25) is 0 Å². The van der Waals surface area contributed by atoms with Crippen LogP contribution in [-0.2, 0) is 17.1 Å². The van der Waals surface area contributed by atoms with Gasteiger partial charge in [-0.1, -0.05) is 117 Å². The molecule has 0 saturated heterocycles. The summed E-state index contributed by atoms with van der Waals surface area (Å²) in [7, 11) is -0.204. The number of rotatable bonds is 7. The standard InChI is InChI=1S/C30H31P.Fe/c1-4-12-24(13-5-1)29-20-10-16-26(29)22-31(28-18-8-3-9-19-28)23-27-17-11-21-30(27)25-14-6-2-7-15-25;/h1-10,12-16,18-19,21,26-27,29H,11,17,20,22-23H2;/t26-,27+,29?,31?;/m0./s1. The minimum Gasteiger partial charge on any atom is -0.0876 e. The van der Waals surface area contributed by atoms with Crippen molar-refractivity contribution >= 4 is 18.8 Å². The summed E-state index contributed by atoms with van der Waals surface area (Å²) in [5.74, 6) is 1.98. The topological polar surface area (TPSA) is 0 Å². The Morgan fingerprint density at radius 2 is 1.41 bits per heavy atom. The summed E-state index contributed by atoms with van der Waals surface area (Å²) in [6.07, 6.45) is 13.8. The van der Waals surface area contributed by atoms with Crippen LogP contribution in [0.25, 0.3) is 5.57 Å². The van der Waals surface area contributed by atoms with Crippen molar-refractivity contribution in [3.63, 3.8) is 0 Å². The van der Waals surface area contributed by atoms with Gasteiger partial charge in [0, 0.05) is 17.1 Å². The normalized spacial score (nSPS) is 22.9. The van der Waals surface area contributed by atoms with Crippen LogP contribution in [-0.4, -0.2) is 12.3 Å². The van der Waals surface area contributed by atoms with Gasteiger partial charge >= 0.3 is 0 Å². The first-order valence-electron chi connectivity index (χ1n) is 11.7. The van der Waals surface area contributed by atoms with Gasteiger partial charge in [-0.2, -0.15) is 0 Å². The average molecular weight is 478 g/mol. The van der Waals surface area contributed by atoms with Crippen LogP contribution in [0.4, 0.5) is 0 Å². The molecule has 5 rings (SSSR count). The largest absolute Gasteiger partial charge is 0.0876 e. The fraction of sp³-hybridized carbons (Fsp3) is 0.267. The maximum Gasteiger partial charge on any atom is 0 e. The van der Waals surface area contributed by atoms with E-state index in [0.29, 0.717) is 17.8 Å². The van der Waals surface area contributed by atoms with E-state index in [1.165, 1.54) is 42.7 Å². The summed E-state index contributed by atoms with van der Waals surface area (Å²) in [5, 5.41) is 1.57. The first-order valence-corrected chi connectivity index (χ1v) is 13.4. The third-order valence-electron chi connectivity index (χ3n) is 6.94. The molecule has 2 heteroatoms. The summed E-state index contributed by atoms with van der Waals surface area (Å²) in [6, 6.07) is 33.6. The molecule has 2 aliphatic rings. The van der Waals surface area contributed by atoms with Gasteiger partial charge in [0.05, 0.1) is 0 Å². The zero-order chi connectivity index (χ0) is 20.9. The van der Waals surface area contributed by atoms with Gasteiger partial charge in [0.1, 0.15) is 0 Å². The van der Waals surface area contributed by atoms with E-state index >= 15 is 0 Å². The van der Waals surface area contributed by atoms with Gasteiger partial charge in [-0.3, -0.25) is 0 Å². The van der Waals surface area contributed by atoms with Crippen LogP contribution >= 0.6 is 7.92 Å². The van der Waals surface area contributed by atoms with Gasteiger partial charge in [-0.15, -0.1) is 0 Å². The first-order chi connectivity index (χ1) is 15.4. The quantitative estimate of drug-likeness (QED) is 0.186. The molecule has 0 spiro atoms. The molecule has 3 aromatic rings. The Balaban J connectivity index is 0.00000245. The number of allylic oxidation sites excluding steroid dienone is 4. The molecule has 3 aromatic carbocycles. The first kappa shape index (κ1) is 23.3. The second-order valence-corrected chi connectivity index (χ2v) is 11.2. The van der Waals surface area contributed by atoms with Crippen molar-refractivity contribution in [2.24, 2.45) is 11.8 Å². The minimum absolute atomic E-state index is 0. The molecule has 0 bridgehead atoms. The molecule has 0 amide bonds. The fourth-order valence-corrected chi connectivity index (χ4v) is 8.32. The van der Waals surface area contributed by atoms with Crippen molar-refractivity contribution in [2.75, 3.05) is 12.3 Å². The Kier molecular flexibility index (Phi) is 8.20. The smallest absolute Gasteiger partial charge is 0 e. The molecule has 0 heterocycles. The van der Waals surface area contributed by atoms with E-state index in [0.717, 1.165) is 0 Å². The van der Waals surface area contributed by atoms with Gasteiger partial charge in [-0.25, -0.2) is 0 Å². The Labute approximate surface area is 205 Å². The predicted molar refractivity (Wildman–Crippen MR) is 136 cm³/mol. The van der Waals surface area contributed by atoms with Crippen LogP contribution < -0.4 is 5.30 Å². The van der Waals surface area contributed by atoms with Crippen LogP contribution in [0.15, 0.2) is 109 Å². The monoisotopic (exact) mass is 478 g/mol. The van der Waals surface area contributed by atoms with Crippen LogP contribution in [0.3, 0.4) is 0 Å². The zero-order valence-electron chi connectivity index (χ0n) is 18.5. The van der Waals surface area contributed by atoms with Crippen molar-refractivity contribution in [1.29, 1.82) is 0 Å². The molecule has 0 saturated carbocycles. The summed E-state index contributed by atoms with van der Waals surface area (Å²) >= 11 is 0. The SMILES string of the molecule is C1=C[C@@H](CP(C[C@H]2CCC=C2c2ccccc2)c2ccccc2)C(c2ccccc2)C1.[Fe]. The summed E-state index contributed by atoms with van der Waals surface area (Å²) in [4.78, 5) is 0. The van der Waals surface area contributed by atoms with Crippen molar-refractivity contribution in [3.8, 4) is 0 Å². The van der Waals surface area contributed by atoms with Gasteiger partial charge in [0.15, 0.2) is 0 Å². The van der Waals surface area contributed by atoms with E-state index in [2.05, 4.69) is 109 Å². The third-order valence-corrected chi connectivity index (χ3v) is 9.71. The van der Waals surface area contributed by atoms with Gasteiger partial charge in [-0.05, 0) is 71.3 Å². The zero-order valence-corrected chi connectivity index (χ0v) is 20.5. The molecule has 0 fully saturated rings. The second kappa shape index (κ2) is 11.3. The molecule has 0 aliphatic heterocycles. The Bertz CT molecular complexity index is 1020. The van der Waals surface area contributed by atoms with E-state index in [-0.39, 0.29) is 25.0 Å². The Morgan fingerprint density at radius 1 is 0.750 bits per heavy atom.